The van der Waals surface area contributed by atoms with Gasteiger partial charge in [-0.15, -0.1) is 5.06 Å². The smallest absolute Gasteiger partial charge is 0.442 e. The number of amides is 2. The van der Waals surface area contributed by atoms with E-state index >= 15 is 0 Å². The van der Waals surface area contributed by atoms with Gasteiger partial charge in [-0.05, 0) is 60.6 Å². The number of piperidine rings is 1. The van der Waals surface area contributed by atoms with Gasteiger partial charge in [0.15, 0.2) is 0 Å². The maximum Gasteiger partial charge on any atom is 0.534 e. The first-order chi connectivity index (χ1) is 18.6. The molecule has 2 aliphatic rings. The van der Waals surface area contributed by atoms with Crippen molar-refractivity contribution < 1.29 is 45.9 Å². The fourth-order valence-electron chi connectivity index (χ4n) is 4.18. The highest BCUT2D eigenvalue weighted by atomic mass is 32.2. The number of alkyl halides is 2. The molecule has 0 N–H and O–H groups in total. The summed E-state index contributed by atoms with van der Waals surface area (Å²) in [7, 11) is -2.74. The summed E-state index contributed by atoms with van der Waals surface area (Å²) in [6.45, 7) is 10.1. The van der Waals surface area contributed by atoms with Gasteiger partial charge in [-0.2, -0.15) is 9.41 Å². The van der Waals surface area contributed by atoms with Gasteiger partial charge in [0.1, 0.15) is 16.9 Å². The number of rotatable bonds is 4. The van der Waals surface area contributed by atoms with Crippen LogP contribution in [0.3, 0.4) is 0 Å². The van der Waals surface area contributed by atoms with E-state index in [2.05, 4.69) is 5.10 Å². The molecule has 0 radical (unpaired) electrons. The van der Waals surface area contributed by atoms with Crippen LogP contribution < -0.4 is 0 Å². The fraction of sp³-hybridized carbons (Fsp3) is 0.615. The third-order valence-corrected chi connectivity index (χ3v) is 8.07. The number of ether oxygens (including phenoxy) is 2. The molecule has 1 unspecified atom stereocenters. The van der Waals surface area contributed by atoms with E-state index in [1.165, 1.54) is 38.2 Å². The number of hydroxylamine groups is 2. The molecule has 228 valence electrons. The molecule has 12 nitrogen and oxygen atoms in total. The molecule has 2 heterocycles. The summed E-state index contributed by atoms with van der Waals surface area (Å²) >= 11 is 0. The van der Waals surface area contributed by atoms with E-state index in [0.29, 0.717) is 5.06 Å². The zero-order valence-corrected chi connectivity index (χ0v) is 25.2. The summed E-state index contributed by atoms with van der Waals surface area (Å²) in [4.78, 5) is 44.5. The van der Waals surface area contributed by atoms with Crippen LogP contribution in [-0.4, -0.2) is 89.5 Å². The Morgan fingerprint density at radius 2 is 1.49 bits per heavy atom. The predicted molar refractivity (Wildman–Crippen MR) is 142 cm³/mol. The Labute approximate surface area is 238 Å². The number of benzene rings is 1. The van der Waals surface area contributed by atoms with Crippen molar-refractivity contribution in [2.75, 3.05) is 20.1 Å². The monoisotopic (exact) mass is 602 g/mol. The summed E-state index contributed by atoms with van der Waals surface area (Å²) in [6, 6.07) is 5.21. The Morgan fingerprint density at radius 3 is 1.98 bits per heavy atom. The molecule has 0 spiro atoms. The quantitative estimate of drug-likeness (QED) is 0.371. The van der Waals surface area contributed by atoms with Gasteiger partial charge in [-0.1, -0.05) is 12.1 Å². The Kier molecular flexibility index (Phi) is 8.49. The van der Waals surface area contributed by atoms with Crippen molar-refractivity contribution in [1.82, 2.24) is 14.4 Å². The predicted octanol–water partition coefficient (Wildman–Crippen LogP) is 4.15. The minimum absolute atomic E-state index is 0.0546. The van der Waals surface area contributed by atoms with Crippen molar-refractivity contribution in [3.63, 3.8) is 0 Å². The lowest BCUT2D eigenvalue weighted by molar-refractivity contribution is -0.176. The summed E-state index contributed by atoms with van der Waals surface area (Å²) in [5.41, 5.74) is -3.91. The molecule has 1 fully saturated rings. The van der Waals surface area contributed by atoms with Crippen LogP contribution in [0.15, 0.2) is 34.3 Å². The van der Waals surface area contributed by atoms with Crippen LogP contribution in [0, 0.1) is 0 Å². The maximum atomic E-state index is 13.6. The molecular formula is C26H36F2N4O8S. The molecule has 1 aromatic rings. The second kappa shape index (κ2) is 10.8. The average molecular weight is 603 g/mol. The van der Waals surface area contributed by atoms with Gasteiger partial charge in [0.25, 0.3) is 11.8 Å². The zero-order valence-electron chi connectivity index (χ0n) is 24.4. The number of likely N-dealkylation sites (N-methyl/N-ethyl adjacent to an activating group) is 1. The maximum absolute atomic E-state index is 13.6. The molecule has 0 aromatic heterocycles. The Morgan fingerprint density at radius 1 is 0.976 bits per heavy atom. The first-order valence-electron chi connectivity index (χ1n) is 12.9. The van der Waals surface area contributed by atoms with Crippen LogP contribution in [0.4, 0.5) is 18.4 Å². The van der Waals surface area contributed by atoms with Crippen molar-refractivity contribution in [2.24, 2.45) is 5.10 Å². The molecule has 0 saturated carbocycles. The van der Waals surface area contributed by atoms with Crippen molar-refractivity contribution in [3.05, 3.63) is 29.8 Å². The van der Waals surface area contributed by atoms with Crippen LogP contribution in [0.1, 0.15) is 66.9 Å². The van der Waals surface area contributed by atoms with Gasteiger partial charge in [0.05, 0.1) is 4.90 Å². The molecule has 1 aromatic carbocycles. The van der Waals surface area contributed by atoms with Crippen molar-refractivity contribution in [1.29, 1.82) is 0 Å². The Balaban J connectivity index is 1.99. The molecule has 1 atom stereocenters. The first-order valence-corrected chi connectivity index (χ1v) is 14.3. The number of halogens is 2. The lowest BCUT2D eigenvalue weighted by Gasteiger charge is -2.36. The summed E-state index contributed by atoms with van der Waals surface area (Å²) in [5.74, 6) is -3.67. The number of carbonyl (C=O) groups excluding carboxylic acids is 3. The molecule has 3 rings (SSSR count). The topological polar surface area (TPSA) is 135 Å². The van der Waals surface area contributed by atoms with Gasteiger partial charge < -0.3 is 9.47 Å². The second-order valence-corrected chi connectivity index (χ2v) is 13.9. The largest absolute Gasteiger partial charge is 0.534 e. The minimum Gasteiger partial charge on any atom is -0.442 e. The molecule has 41 heavy (non-hydrogen) atoms. The van der Waals surface area contributed by atoms with Crippen LogP contribution >= 0.6 is 0 Å². The Bertz CT molecular complexity index is 1330. The highest BCUT2D eigenvalue weighted by molar-refractivity contribution is 7.89. The summed E-state index contributed by atoms with van der Waals surface area (Å²) in [5, 5.41) is 5.65. The van der Waals surface area contributed by atoms with Gasteiger partial charge in [-0.25, -0.2) is 31.8 Å². The fourth-order valence-corrected chi connectivity index (χ4v) is 5.62. The van der Waals surface area contributed by atoms with Crippen LogP contribution in [0.25, 0.3) is 0 Å². The molecule has 15 heteroatoms. The molecule has 2 aliphatic heterocycles. The number of carbonyl (C=O) groups is 3. The molecular weight excluding hydrogens is 566 g/mol. The van der Waals surface area contributed by atoms with E-state index < -0.39 is 63.7 Å². The lowest BCUT2D eigenvalue weighted by atomic mass is 9.90. The van der Waals surface area contributed by atoms with E-state index in [4.69, 9.17) is 14.3 Å². The lowest BCUT2D eigenvalue weighted by Crippen LogP contribution is -2.61. The van der Waals surface area contributed by atoms with Gasteiger partial charge in [0.2, 0.25) is 15.6 Å². The minimum atomic E-state index is -4.07. The van der Waals surface area contributed by atoms with E-state index in [-0.39, 0.29) is 29.3 Å². The van der Waals surface area contributed by atoms with E-state index in [9.17, 15) is 31.6 Å². The first kappa shape index (κ1) is 32.2. The normalized spacial score (nSPS) is 21.8. The van der Waals surface area contributed by atoms with Crippen LogP contribution in [0.2, 0.25) is 0 Å². The third-order valence-electron chi connectivity index (χ3n) is 6.16. The number of sulfonamides is 1. The molecule has 1 saturated heterocycles. The van der Waals surface area contributed by atoms with Crippen molar-refractivity contribution in [2.45, 2.75) is 88.9 Å². The zero-order chi connectivity index (χ0) is 31.2. The number of hydrazone groups is 1. The molecule has 2 amide bonds. The van der Waals surface area contributed by atoms with Crippen molar-refractivity contribution in [3.8, 4) is 0 Å². The third kappa shape index (κ3) is 7.12. The van der Waals surface area contributed by atoms with E-state index in [1.807, 2.05) is 0 Å². The summed E-state index contributed by atoms with van der Waals surface area (Å²) in [6.07, 6.45) is -3.61. The number of nitrogens with zero attached hydrogens (tertiary/aromatic N) is 4. The Hall–Kier alpha value is -3.33. The molecule has 0 aliphatic carbocycles. The van der Waals surface area contributed by atoms with Crippen LogP contribution in [0.5, 0.6) is 0 Å². The average Bonchev–Trinajstić information content (AvgIpc) is 3.04. The second-order valence-electron chi connectivity index (χ2n) is 12.0. The highest BCUT2D eigenvalue weighted by Gasteiger charge is 2.57. The van der Waals surface area contributed by atoms with Gasteiger partial charge >= 0.3 is 12.2 Å². The summed E-state index contributed by atoms with van der Waals surface area (Å²) < 4.78 is 64.9. The van der Waals surface area contributed by atoms with Gasteiger partial charge in [0, 0.05) is 38.5 Å². The van der Waals surface area contributed by atoms with Gasteiger partial charge in [-0.3, -0.25) is 9.63 Å². The highest BCUT2D eigenvalue weighted by Crippen LogP contribution is 2.34. The van der Waals surface area contributed by atoms with E-state index in [1.54, 1.807) is 41.5 Å². The van der Waals surface area contributed by atoms with E-state index in [0.717, 1.165) is 9.31 Å². The van der Waals surface area contributed by atoms with Crippen LogP contribution in [-0.2, 0) is 29.1 Å². The standard InChI is InChI=1S/C26H36F2N4O8S/c1-23(2,3)38-21(34)32(40-22(35)39-24(4,5)6)25(7)19(29-30(8)20(25)33)17-9-11-18(12-10-17)41(36,37)31-15-13-26(27,28)14-16-31/h9-12H,13-16H2,1-8H3. The molecule has 0 bridgehead atoms. The number of hydrogen-bond donors (Lipinski definition) is 0. The number of hydrogen-bond acceptors (Lipinski definition) is 9. The van der Waals surface area contributed by atoms with Crippen molar-refractivity contribution >= 4 is 33.9 Å². The SMILES string of the molecule is CN1N=C(c2ccc(S(=O)(=O)N3CCC(F)(F)CC3)cc2)C(C)(N(OC(=O)OC(C)(C)C)C(=O)OC(C)(C)C)C1=O.